The van der Waals surface area contributed by atoms with Crippen LogP contribution in [0.1, 0.15) is 4.88 Å². The molecule has 114 valence electrons. The van der Waals surface area contributed by atoms with E-state index in [1.54, 1.807) is 7.11 Å². The summed E-state index contributed by atoms with van der Waals surface area (Å²) in [5.41, 5.74) is 7.83. The highest BCUT2D eigenvalue weighted by molar-refractivity contribution is 7.15. The van der Waals surface area contributed by atoms with Gasteiger partial charge in [0.25, 0.3) is 0 Å². The third kappa shape index (κ3) is 3.93. The van der Waals surface area contributed by atoms with E-state index >= 15 is 0 Å². The molecule has 5 nitrogen and oxygen atoms in total. The Kier molecular flexibility index (Phi) is 5.55. The lowest BCUT2D eigenvalue weighted by Crippen LogP contribution is -2.26. The normalized spacial score (nSPS) is 11.0. The van der Waals surface area contributed by atoms with Gasteiger partial charge in [0.1, 0.15) is 5.75 Å². The summed E-state index contributed by atoms with van der Waals surface area (Å²) in [6.07, 6.45) is 0. The first-order valence-corrected chi connectivity index (χ1v) is 7.69. The molecule has 2 rings (SSSR count). The van der Waals surface area contributed by atoms with Crippen molar-refractivity contribution in [3.8, 4) is 17.0 Å². The van der Waals surface area contributed by atoms with Crippen LogP contribution in [0.4, 0.5) is 5.13 Å². The van der Waals surface area contributed by atoms with Gasteiger partial charge in [-0.15, -0.1) is 11.3 Å². The van der Waals surface area contributed by atoms with Gasteiger partial charge in [0, 0.05) is 30.1 Å². The van der Waals surface area contributed by atoms with Gasteiger partial charge in [-0.05, 0) is 26.2 Å². The number of anilines is 1. The van der Waals surface area contributed by atoms with Crippen LogP contribution in [0.15, 0.2) is 24.3 Å². The summed E-state index contributed by atoms with van der Waals surface area (Å²) in [7, 11) is 5.73. The molecular weight excluding hydrogens is 284 g/mol. The Labute approximate surface area is 129 Å². The van der Waals surface area contributed by atoms with Gasteiger partial charge in [0.15, 0.2) is 5.13 Å². The van der Waals surface area contributed by atoms with Crippen molar-refractivity contribution >= 4 is 16.5 Å². The number of nitrogens with zero attached hydrogens (tertiary/aromatic N) is 2. The zero-order chi connectivity index (χ0) is 15.2. The number of rotatable bonds is 7. The minimum absolute atomic E-state index is 0.591. The number of likely N-dealkylation sites (N-methyl/N-ethyl adjacent to an activating group) is 2. The highest BCUT2D eigenvalue weighted by atomic mass is 32.1. The summed E-state index contributed by atoms with van der Waals surface area (Å²) >= 11 is 1.54. The first-order valence-electron chi connectivity index (χ1n) is 6.87. The monoisotopic (exact) mass is 306 g/mol. The molecule has 0 saturated heterocycles. The van der Waals surface area contributed by atoms with Crippen LogP contribution in [0.25, 0.3) is 11.3 Å². The lowest BCUT2D eigenvalue weighted by molar-refractivity contribution is 0.331. The second-order valence-corrected chi connectivity index (χ2v) is 5.98. The standard InChI is InChI=1S/C15H22N4OS/c1-17-8-9-19(2)10-13-14(18-15(16)21-13)11-6-4-5-7-12(11)20-3/h4-7,17H,8-10H2,1-3H3,(H2,16,18). The number of nitrogens with one attached hydrogen (secondary N) is 1. The molecular formula is C15H22N4OS. The maximum atomic E-state index is 5.92. The lowest BCUT2D eigenvalue weighted by Gasteiger charge is -2.16. The Morgan fingerprint density at radius 1 is 1.38 bits per heavy atom. The smallest absolute Gasteiger partial charge is 0.180 e. The molecule has 0 unspecified atom stereocenters. The topological polar surface area (TPSA) is 63.4 Å². The Morgan fingerprint density at radius 3 is 2.86 bits per heavy atom. The van der Waals surface area contributed by atoms with E-state index in [1.807, 2.05) is 31.3 Å². The molecule has 0 bridgehead atoms. The number of aromatic nitrogens is 1. The van der Waals surface area contributed by atoms with Gasteiger partial charge >= 0.3 is 0 Å². The van der Waals surface area contributed by atoms with Gasteiger partial charge in [-0.1, -0.05) is 12.1 Å². The minimum atomic E-state index is 0.591. The summed E-state index contributed by atoms with van der Waals surface area (Å²) in [6, 6.07) is 7.91. The van der Waals surface area contributed by atoms with E-state index < -0.39 is 0 Å². The van der Waals surface area contributed by atoms with E-state index in [-0.39, 0.29) is 0 Å². The number of benzene rings is 1. The Bertz CT molecular complexity index is 585. The van der Waals surface area contributed by atoms with Gasteiger partial charge in [-0.2, -0.15) is 0 Å². The zero-order valence-corrected chi connectivity index (χ0v) is 13.5. The van der Waals surface area contributed by atoms with Gasteiger partial charge in [-0.3, -0.25) is 4.90 Å². The van der Waals surface area contributed by atoms with Crippen molar-refractivity contribution < 1.29 is 4.74 Å². The summed E-state index contributed by atoms with van der Waals surface area (Å²) in [5, 5.41) is 3.75. The summed E-state index contributed by atoms with van der Waals surface area (Å²) in [5.74, 6) is 0.821. The van der Waals surface area contributed by atoms with Crippen molar-refractivity contribution in [1.29, 1.82) is 0 Å². The molecule has 0 amide bonds. The average molecular weight is 306 g/mol. The number of nitrogens with two attached hydrogens (primary N) is 1. The van der Waals surface area contributed by atoms with Crippen LogP contribution in [0.2, 0.25) is 0 Å². The summed E-state index contributed by atoms with van der Waals surface area (Å²) in [4.78, 5) is 7.91. The van der Waals surface area contributed by atoms with Crippen molar-refractivity contribution in [3.63, 3.8) is 0 Å². The van der Waals surface area contributed by atoms with Gasteiger partial charge < -0.3 is 15.8 Å². The molecule has 0 aliphatic carbocycles. The molecule has 1 aromatic heterocycles. The third-order valence-electron chi connectivity index (χ3n) is 3.23. The van der Waals surface area contributed by atoms with Crippen LogP contribution in [-0.2, 0) is 6.54 Å². The van der Waals surface area contributed by atoms with Crippen molar-refractivity contribution in [2.24, 2.45) is 0 Å². The minimum Gasteiger partial charge on any atom is -0.496 e. The first-order chi connectivity index (χ1) is 10.2. The molecule has 0 radical (unpaired) electrons. The highest BCUT2D eigenvalue weighted by Crippen LogP contribution is 2.35. The van der Waals surface area contributed by atoms with Crippen molar-refractivity contribution in [2.75, 3.05) is 40.0 Å². The second kappa shape index (κ2) is 7.40. The fraction of sp³-hybridized carbons (Fsp3) is 0.400. The lowest BCUT2D eigenvalue weighted by atomic mass is 10.1. The SMILES string of the molecule is CNCCN(C)Cc1sc(N)nc1-c1ccccc1OC. The Morgan fingerprint density at radius 2 is 2.14 bits per heavy atom. The molecule has 0 saturated carbocycles. The van der Waals surface area contributed by atoms with Crippen molar-refractivity contribution in [2.45, 2.75) is 6.54 Å². The molecule has 1 heterocycles. The third-order valence-corrected chi connectivity index (χ3v) is 4.10. The van der Waals surface area contributed by atoms with Crippen LogP contribution < -0.4 is 15.8 Å². The molecule has 0 aliphatic heterocycles. The molecule has 6 heteroatoms. The number of thiazole rings is 1. The molecule has 2 aromatic rings. The van der Waals surface area contributed by atoms with Crippen LogP contribution in [-0.4, -0.2) is 44.2 Å². The molecule has 21 heavy (non-hydrogen) atoms. The van der Waals surface area contributed by atoms with Crippen LogP contribution in [0.5, 0.6) is 5.75 Å². The zero-order valence-electron chi connectivity index (χ0n) is 12.7. The van der Waals surface area contributed by atoms with Crippen LogP contribution in [0, 0.1) is 0 Å². The van der Waals surface area contributed by atoms with Gasteiger partial charge in [-0.25, -0.2) is 4.98 Å². The molecule has 0 atom stereocenters. The van der Waals surface area contributed by atoms with E-state index in [9.17, 15) is 0 Å². The van der Waals surface area contributed by atoms with Crippen molar-refractivity contribution in [1.82, 2.24) is 15.2 Å². The van der Waals surface area contributed by atoms with E-state index in [2.05, 4.69) is 22.2 Å². The molecule has 0 spiro atoms. The van der Waals surface area contributed by atoms with E-state index in [1.165, 1.54) is 11.3 Å². The summed E-state index contributed by atoms with van der Waals surface area (Å²) in [6.45, 7) is 2.75. The number of methoxy groups -OCH3 is 1. The van der Waals surface area contributed by atoms with E-state index in [0.29, 0.717) is 5.13 Å². The fourth-order valence-electron chi connectivity index (χ4n) is 2.15. The van der Waals surface area contributed by atoms with E-state index in [0.717, 1.165) is 41.5 Å². The van der Waals surface area contributed by atoms with E-state index in [4.69, 9.17) is 10.5 Å². The Balaban J connectivity index is 2.28. The first kappa shape index (κ1) is 15.8. The number of ether oxygens (including phenoxy) is 1. The van der Waals surface area contributed by atoms with Crippen molar-refractivity contribution in [3.05, 3.63) is 29.1 Å². The van der Waals surface area contributed by atoms with Crippen LogP contribution in [0.3, 0.4) is 0 Å². The fourth-order valence-corrected chi connectivity index (χ4v) is 3.08. The highest BCUT2D eigenvalue weighted by Gasteiger charge is 2.16. The quantitative estimate of drug-likeness (QED) is 0.820. The maximum Gasteiger partial charge on any atom is 0.180 e. The maximum absolute atomic E-state index is 5.92. The largest absolute Gasteiger partial charge is 0.496 e. The van der Waals surface area contributed by atoms with Crippen LogP contribution >= 0.6 is 11.3 Å². The second-order valence-electron chi connectivity index (χ2n) is 4.87. The van der Waals surface area contributed by atoms with Gasteiger partial charge in [0.2, 0.25) is 0 Å². The summed E-state index contributed by atoms with van der Waals surface area (Å²) < 4.78 is 5.43. The number of hydrogen-bond donors (Lipinski definition) is 2. The number of nitrogen functional groups attached to an aromatic ring is 1. The average Bonchev–Trinajstić information content (AvgIpc) is 2.85. The predicted octanol–water partition coefficient (Wildman–Crippen LogP) is 2.05. The number of hydrogen-bond acceptors (Lipinski definition) is 6. The Hall–Kier alpha value is -1.63. The molecule has 0 aliphatic rings. The number of para-hydroxylation sites is 1. The molecule has 3 N–H and O–H groups in total. The van der Waals surface area contributed by atoms with Gasteiger partial charge in [0.05, 0.1) is 12.8 Å². The molecule has 1 aromatic carbocycles. The predicted molar refractivity (Wildman–Crippen MR) is 88.8 cm³/mol. The molecule has 0 fully saturated rings.